The minimum atomic E-state index is -4.66. The predicted molar refractivity (Wildman–Crippen MR) is 85.2 cm³/mol. The maximum absolute atomic E-state index is 10.4. The van der Waals surface area contributed by atoms with Gasteiger partial charge in [-0.25, -0.2) is 8.42 Å². The summed E-state index contributed by atoms with van der Waals surface area (Å²) < 4.78 is 35.5. The van der Waals surface area contributed by atoms with Crippen LogP contribution in [0, 0.1) is 0 Å². The monoisotopic (exact) mass is 357 g/mol. The van der Waals surface area contributed by atoms with Gasteiger partial charge >= 0.3 is 1.43 Å². The third kappa shape index (κ3) is 5.98. The fourth-order valence-electron chi connectivity index (χ4n) is 1.76. The van der Waals surface area contributed by atoms with Crippen molar-refractivity contribution in [3.63, 3.8) is 0 Å². The van der Waals surface area contributed by atoms with Gasteiger partial charge in [0, 0.05) is 18.8 Å². The van der Waals surface area contributed by atoms with E-state index in [9.17, 15) is 13.0 Å². The average Bonchev–Trinajstić information content (AvgIpc) is 3.03. The second-order valence-electron chi connectivity index (χ2n) is 4.25. The molecule has 0 spiro atoms. The fourth-order valence-corrected chi connectivity index (χ4v) is 2.41. The Balaban J connectivity index is 0.00000288. The number of aromatic nitrogens is 2. The molecule has 0 aliphatic heterocycles. The molecule has 1 heterocycles. The molecule has 0 unspecified atom stereocenters. The Kier molecular flexibility index (Phi) is 6.10. The molecule has 124 valence electrons. The zero-order chi connectivity index (χ0) is 16.7. The van der Waals surface area contributed by atoms with E-state index in [1.807, 2.05) is 24.0 Å². The van der Waals surface area contributed by atoms with Crippen molar-refractivity contribution in [2.45, 2.75) is 6.92 Å². The van der Waals surface area contributed by atoms with Crippen LogP contribution in [-0.2, 0) is 14.6 Å². The molecule has 9 nitrogen and oxygen atoms in total. The van der Waals surface area contributed by atoms with E-state index in [1.165, 1.54) is 11.3 Å². The normalized spacial score (nSPS) is 11.9. The Morgan fingerprint density at radius 1 is 1.35 bits per heavy atom. The van der Waals surface area contributed by atoms with E-state index in [0.29, 0.717) is 17.4 Å². The quantitative estimate of drug-likeness (QED) is 0.404. The summed E-state index contributed by atoms with van der Waals surface area (Å²) >= 11 is 1.29. The summed E-state index contributed by atoms with van der Waals surface area (Å²) in [6, 6.07) is 7.19. The van der Waals surface area contributed by atoms with Crippen molar-refractivity contribution in [1.29, 1.82) is 0 Å². The molecule has 0 N–H and O–H groups in total. The van der Waals surface area contributed by atoms with Crippen LogP contribution in [0.15, 0.2) is 40.0 Å². The summed E-state index contributed by atoms with van der Waals surface area (Å²) in [5.41, 5.74) is 3.08. The first kappa shape index (κ1) is 17.4. The molecule has 1 aromatic carbocycles. The SMILES string of the molecule is CCN(CCOS(=O)(=O)[O-])c1ccc(N=Nc2nncs2)cc1.[H+]. The van der Waals surface area contributed by atoms with E-state index < -0.39 is 10.4 Å². The molecule has 0 bridgehead atoms. The molecule has 23 heavy (non-hydrogen) atoms. The second-order valence-corrected chi connectivity index (χ2v) is 6.11. The van der Waals surface area contributed by atoms with Crippen LogP contribution in [-0.4, -0.2) is 42.9 Å². The van der Waals surface area contributed by atoms with Gasteiger partial charge in [0.25, 0.3) is 5.13 Å². The second kappa shape index (κ2) is 8.06. The Morgan fingerprint density at radius 2 is 2.09 bits per heavy atom. The van der Waals surface area contributed by atoms with Gasteiger partial charge in [0.1, 0.15) is 5.51 Å². The first-order valence-corrected chi connectivity index (χ1v) is 8.82. The summed E-state index contributed by atoms with van der Waals surface area (Å²) in [4.78, 5) is 1.87. The molecule has 2 aromatic rings. The fraction of sp³-hybridized carbons (Fsp3) is 0.333. The Bertz CT molecular complexity index is 737. The first-order valence-electron chi connectivity index (χ1n) is 6.61. The molecule has 11 heteroatoms. The van der Waals surface area contributed by atoms with Crippen LogP contribution in [0.25, 0.3) is 0 Å². The van der Waals surface area contributed by atoms with Gasteiger partial charge in [0.05, 0.1) is 12.3 Å². The zero-order valence-corrected chi connectivity index (χ0v) is 13.8. The lowest BCUT2D eigenvalue weighted by Gasteiger charge is -2.23. The van der Waals surface area contributed by atoms with E-state index >= 15 is 0 Å². The Hall–Kier alpha value is -1.95. The lowest BCUT2D eigenvalue weighted by Crippen LogP contribution is -2.27. The Labute approximate surface area is 139 Å². The summed E-state index contributed by atoms with van der Waals surface area (Å²) in [5, 5.41) is 15.9. The topological polar surface area (TPSA) is 120 Å². The molecule has 0 aliphatic carbocycles. The van der Waals surface area contributed by atoms with E-state index in [0.717, 1.165) is 5.69 Å². The van der Waals surface area contributed by atoms with Gasteiger partial charge in [-0.05, 0) is 31.2 Å². The van der Waals surface area contributed by atoms with Crippen LogP contribution in [0.2, 0.25) is 0 Å². The minimum Gasteiger partial charge on any atom is -0.726 e. The lowest BCUT2D eigenvalue weighted by atomic mass is 10.2. The van der Waals surface area contributed by atoms with Crippen molar-refractivity contribution >= 4 is 38.2 Å². The van der Waals surface area contributed by atoms with Crippen LogP contribution < -0.4 is 4.90 Å². The minimum absolute atomic E-state index is 0. The van der Waals surface area contributed by atoms with Gasteiger partial charge in [-0.1, -0.05) is 11.3 Å². The average molecular weight is 357 g/mol. The van der Waals surface area contributed by atoms with Gasteiger partial charge in [0.15, 0.2) is 0 Å². The number of nitrogens with zero attached hydrogens (tertiary/aromatic N) is 5. The van der Waals surface area contributed by atoms with Gasteiger partial charge in [0.2, 0.25) is 10.4 Å². The summed E-state index contributed by atoms with van der Waals surface area (Å²) in [7, 11) is -4.66. The first-order chi connectivity index (χ1) is 11.0. The van der Waals surface area contributed by atoms with Gasteiger partial charge in [-0.3, -0.25) is 4.18 Å². The van der Waals surface area contributed by atoms with Gasteiger partial charge < -0.3 is 9.45 Å². The molecule has 0 fully saturated rings. The molecule has 0 saturated heterocycles. The Morgan fingerprint density at radius 3 is 2.65 bits per heavy atom. The van der Waals surface area contributed by atoms with Crippen molar-refractivity contribution in [2.24, 2.45) is 10.2 Å². The van der Waals surface area contributed by atoms with Crippen molar-refractivity contribution in [3.8, 4) is 0 Å². The molecule has 0 saturated carbocycles. The van der Waals surface area contributed by atoms with Crippen LogP contribution in [0.1, 0.15) is 8.35 Å². The highest BCUT2D eigenvalue weighted by Gasteiger charge is 2.05. The standard InChI is InChI=1S/C12H15N5O4S2/c1-2-17(7-8-21-23(18,19)20)11-5-3-10(4-6-11)14-16-12-15-13-9-22-12/h3-6,9H,2,7-8H2,1H3,(H,18,19,20). The van der Waals surface area contributed by atoms with Crippen LogP contribution >= 0.6 is 11.3 Å². The number of hydrogen-bond acceptors (Lipinski definition) is 10. The maximum Gasteiger partial charge on any atom is 1.00 e. The molecule has 0 atom stereocenters. The van der Waals surface area contributed by atoms with Crippen molar-refractivity contribution < 1.29 is 18.6 Å². The number of anilines is 1. The summed E-state index contributed by atoms with van der Waals surface area (Å²) in [6.07, 6.45) is 0. The van der Waals surface area contributed by atoms with Crippen LogP contribution in [0.4, 0.5) is 16.5 Å². The number of rotatable bonds is 8. The molecular weight excluding hydrogens is 342 g/mol. The largest absolute Gasteiger partial charge is 1.00 e. The van der Waals surface area contributed by atoms with Gasteiger partial charge in [-0.2, -0.15) is 0 Å². The number of benzene rings is 1. The smallest absolute Gasteiger partial charge is 0.726 e. The van der Waals surface area contributed by atoms with E-state index in [-0.39, 0.29) is 14.6 Å². The van der Waals surface area contributed by atoms with Gasteiger partial charge in [-0.15, -0.1) is 20.4 Å². The molecule has 0 aliphatic rings. The number of likely N-dealkylation sites (N-methyl/N-ethyl adjacent to an activating group) is 1. The third-order valence-corrected chi connectivity index (χ3v) is 3.81. The number of azo groups is 1. The van der Waals surface area contributed by atoms with Crippen LogP contribution in [0.3, 0.4) is 0 Å². The molecular formula is C12H15N5O4S2. The van der Waals surface area contributed by atoms with Crippen LogP contribution in [0.5, 0.6) is 0 Å². The predicted octanol–water partition coefficient (Wildman–Crippen LogP) is 2.37. The zero-order valence-electron chi connectivity index (χ0n) is 13.2. The van der Waals surface area contributed by atoms with Crippen molar-refractivity contribution in [3.05, 3.63) is 29.8 Å². The highest BCUT2D eigenvalue weighted by Crippen LogP contribution is 2.22. The summed E-state index contributed by atoms with van der Waals surface area (Å²) in [5.74, 6) is 0. The number of hydrogen-bond donors (Lipinski definition) is 0. The van der Waals surface area contributed by atoms with E-state index in [2.05, 4.69) is 24.6 Å². The molecule has 0 amide bonds. The van der Waals surface area contributed by atoms with E-state index in [1.54, 1.807) is 17.6 Å². The van der Waals surface area contributed by atoms with E-state index in [4.69, 9.17) is 0 Å². The molecule has 0 radical (unpaired) electrons. The highest BCUT2D eigenvalue weighted by molar-refractivity contribution is 7.80. The molecule has 1 aromatic heterocycles. The maximum atomic E-state index is 10.4. The lowest BCUT2D eigenvalue weighted by molar-refractivity contribution is 0.266. The summed E-state index contributed by atoms with van der Waals surface area (Å²) in [6.45, 7) is 2.63. The molecule has 2 rings (SSSR count). The van der Waals surface area contributed by atoms with Crippen molar-refractivity contribution in [2.75, 3.05) is 24.6 Å². The highest BCUT2D eigenvalue weighted by atomic mass is 32.3. The van der Waals surface area contributed by atoms with Crippen molar-refractivity contribution in [1.82, 2.24) is 10.2 Å². The third-order valence-electron chi connectivity index (χ3n) is 2.79.